The molecule has 0 amide bonds. The molecule has 0 spiro atoms. The molecule has 2 aromatic heterocycles. The van der Waals surface area contributed by atoms with Gasteiger partial charge in [-0.1, -0.05) is 115 Å². The summed E-state index contributed by atoms with van der Waals surface area (Å²) in [6.45, 7) is 0. The highest BCUT2D eigenvalue weighted by Gasteiger charge is 2.13. The maximum Gasteiger partial charge on any atom is 0.328 e. The molecular formula is C36H27N5O. The van der Waals surface area contributed by atoms with Crippen LogP contribution < -0.4 is 5.69 Å². The van der Waals surface area contributed by atoms with Crippen LogP contribution >= 0.6 is 0 Å². The van der Waals surface area contributed by atoms with E-state index in [0.717, 1.165) is 27.8 Å². The summed E-state index contributed by atoms with van der Waals surface area (Å²) in [7, 11) is 3.15. The highest BCUT2D eigenvalue weighted by atomic mass is 16.1. The Morgan fingerprint density at radius 2 is 0.857 bits per heavy atom. The summed E-state index contributed by atoms with van der Waals surface area (Å²) in [4.78, 5) is 26.9. The van der Waals surface area contributed by atoms with Gasteiger partial charge in [0.1, 0.15) is 0 Å². The lowest BCUT2D eigenvalue weighted by Crippen LogP contribution is -2.19. The Hall–Kier alpha value is -5.62. The van der Waals surface area contributed by atoms with E-state index in [1.807, 2.05) is 109 Å². The Morgan fingerprint density at radius 1 is 0.476 bits per heavy atom. The molecule has 42 heavy (non-hydrogen) atoms. The molecule has 0 aliphatic carbocycles. The van der Waals surface area contributed by atoms with Crippen molar-refractivity contribution in [2.24, 2.45) is 14.1 Å². The van der Waals surface area contributed by atoms with Crippen LogP contribution in [-0.2, 0) is 14.1 Å². The van der Waals surface area contributed by atoms with Crippen LogP contribution in [-0.4, -0.2) is 24.1 Å². The minimum absolute atomic E-state index is 0.0606. The Morgan fingerprint density at radius 3 is 1.33 bits per heavy atom. The standard InChI is InChI=1S/C36H27N5O/c1-40-31-22-21-30(23-32(31)41(2)36(40)42)26-15-13-24(14-16-26)25-17-19-29(20-18-25)35-38-33(27-9-5-3-6-10-27)37-34(39-35)28-11-7-4-8-12-28/h3-23H,1-2H3/i21D,22D,23D. The Kier molecular flexibility index (Phi) is 5.48. The van der Waals surface area contributed by atoms with Gasteiger partial charge in [-0.15, -0.1) is 0 Å². The van der Waals surface area contributed by atoms with Gasteiger partial charge in [0.25, 0.3) is 0 Å². The molecule has 0 N–H and O–H groups in total. The van der Waals surface area contributed by atoms with E-state index in [0.29, 0.717) is 39.6 Å². The minimum atomic E-state index is -0.327. The zero-order chi connectivity index (χ0) is 31.2. The maximum absolute atomic E-state index is 12.5. The first-order chi connectivity index (χ1) is 21.8. The number of nitrogens with zero attached hydrogens (tertiary/aromatic N) is 5. The predicted octanol–water partition coefficient (Wildman–Crippen LogP) is 7.40. The van der Waals surface area contributed by atoms with Crippen molar-refractivity contribution in [3.8, 4) is 56.4 Å². The molecule has 7 aromatic rings. The molecule has 202 valence electrons. The van der Waals surface area contributed by atoms with E-state index in [1.54, 1.807) is 14.1 Å². The predicted molar refractivity (Wildman–Crippen MR) is 169 cm³/mol. The quantitative estimate of drug-likeness (QED) is 0.225. The molecule has 0 aliphatic rings. The van der Waals surface area contributed by atoms with Crippen molar-refractivity contribution in [2.45, 2.75) is 0 Å². The Bertz CT molecular complexity index is 2200. The fourth-order valence-corrected chi connectivity index (χ4v) is 5.01. The number of fused-ring (bicyclic) bond motifs is 1. The topological polar surface area (TPSA) is 65.6 Å². The molecule has 0 atom stereocenters. The van der Waals surface area contributed by atoms with Gasteiger partial charge >= 0.3 is 5.69 Å². The summed E-state index contributed by atoms with van der Waals surface area (Å²) < 4.78 is 28.7. The second-order valence-electron chi connectivity index (χ2n) is 10.0. The first-order valence-corrected chi connectivity index (χ1v) is 13.5. The van der Waals surface area contributed by atoms with Gasteiger partial charge in [0.2, 0.25) is 0 Å². The smallest absolute Gasteiger partial charge is 0.295 e. The molecule has 0 aliphatic heterocycles. The number of imidazole rings is 1. The number of hydrogen-bond donors (Lipinski definition) is 0. The van der Waals surface area contributed by atoms with E-state index in [2.05, 4.69) is 0 Å². The zero-order valence-electron chi connectivity index (χ0n) is 26.0. The van der Waals surface area contributed by atoms with Gasteiger partial charge < -0.3 is 0 Å². The fourth-order valence-electron chi connectivity index (χ4n) is 5.01. The van der Waals surface area contributed by atoms with Gasteiger partial charge in [-0.25, -0.2) is 19.7 Å². The van der Waals surface area contributed by atoms with Gasteiger partial charge in [-0.05, 0) is 34.3 Å². The van der Waals surface area contributed by atoms with Crippen LogP contribution in [0.25, 0.3) is 67.5 Å². The molecule has 7 rings (SSSR count). The fraction of sp³-hybridized carbons (Fsp3) is 0.0556. The first-order valence-electron chi connectivity index (χ1n) is 15.0. The molecule has 0 bridgehead atoms. The van der Waals surface area contributed by atoms with Crippen LogP contribution in [0.4, 0.5) is 0 Å². The van der Waals surface area contributed by atoms with E-state index in [4.69, 9.17) is 19.1 Å². The first kappa shape index (κ1) is 22.1. The van der Waals surface area contributed by atoms with Crippen LogP contribution in [0, 0.1) is 0 Å². The molecule has 6 heteroatoms. The van der Waals surface area contributed by atoms with Gasteiger partial charge in [0.15, 0.2) is 17.5 Å². The van der Waals surface area contributed by atoms with Crippen molar-refractivity contribution in [3.05, 3.63) is 138 Å². The Balaban J connectivity index is 1.24. The molecule has 0 saturated carbocycles. The SMILES string of the molecule is [2H]c1c(-c2ccc(-c3ccc(-c4nc(-c5ccccc5)nc(-c5ccccc5)n4)cc3)cc2)c([2H])c2c(c1[2H])n(C)c(=O)n2C. The van der Waals surface area contributed by atoms with E-state index in [-0.39, 0.29) is 23.8 Å². The van der Waals surface area contributed by atoms with Crippen LogP contribution in [0.1, 0.15) is 4.11 Å². The van der Waals surface area contributed by atoms with Crippen molar-refractivity contribution in [1.29, 1.82) is 0 Å². The maximum atomic E-state index is 12.5. The van der Waals surface area contributed by atoms with Crippen LogP contribution in [0.15, 0.2) is 132 Å². The van der Waals surface area contributed by atoms with E-state index in [9.17, 15) is 4.79 Å². The van der Waals surface area contributed by atoms with Crippen molar-refractivity contribution in [3.63, 3.8) is 0 Å². The van der Waals surface area contributed by atoms with Crippen LogP contribution in [0.3, 0.4) is 0 Å². The summed E-state index contributed by atoms with van der Waals surface area (Å²) in [5.74, 6) is 1.78. The molecule has 0 saturated heterocycles. The molecule has 6 nitrogen and oxygen atoms in total. The number of aromatic nitrogens is 5. The average Bonchev–Trinajstić information content (AvgIpc) is 3.32. The van der Waals surface area contributed by atoms with Gasteiger partial charge in [-0.2, -0.15) is 0 Å². The van der Waals surface area contributed by atoms with Gasteiger partial charge in [0.05, 0.1) is 15.1 Å². The van der Waals surface area contributed by atoms with Crippen LogP contribution in [0.5, 0.6) is 0 Å². The third kappa shape index (κ3) is 4.59. The zero-order valence-corrected chi connectivity index (χ0v) is 23.0. The summed E-state index contributed by atoms with van der Waals surface area (Å²) in [5.41, 5.74) is 5.89. The largest absolute Gasteiger partial charge is 0.328 e. The summed E-state index contributed by atoms with van der Waals surface area (Å²) >= 11 is 0. The van der Waals surface area contributed by atoms with E-state index < -0.39 is 0 Å². The summed E-state index contributed by atoms with van der Waals surface area (Å²) in [6.07, 6.45) is 0. The van der Waals surface area contributed by atoms with Crippen molar-refractivity contribution in [1.82, 2.24) is 24.1 Å². The molecular weight excluding hydrogens is 518 g/mol. The van der Waals surface area contributed by atoms with E-state index >= 15 is 0 Å². The number of aryl methyl sites for hydroxylation is 2. The van der Waals surface area contributed by atoms with E-state index in [1.165, 1.54) is 9.13 Å². The summed E-state index contributed by atoms with van der Waals surface area (Å²) in [5, 5.41) is 0. The molecule has 5 aromatic carbocycles. The highest BCUT2D eigenvalue weighted by molar-refractivity contribution is 5.83. The monoisotopic (exact) mass is 548 g/mol. The van der Waals surface area contributed by atoms with Gasteiger partial charge in [0, 0.05) is 30.8 Å². The normalized spacial score (nSPS) is 12.2. The molecule has 0 fully saturated rings. The minimum Gasteiger partial charge on any atom is -0.295 e. The van der Waals surface area contributed by atoms with Crippen molar-refractivity contribution in [2.75, 3.05) is 0 Å². The average molecular weight is 549 g/mol. The molecule has 0 radical (unpaired) electrons. The second kappa shape index (κ2) is 10.4. The lowest BCUT2D eigenvalue weighted by atomic mass is 9.99. The number of hydrogen-bond acceptors (Lipinski definition) is 4. The highest BCUT2D eigenvalue weighted by Crippen LogP contribution is 2.29. The summed E-state index contributed by atoms with van der Waals surface area (Å²) in [6, 6.07) is 35.2. The third-order valence-electron chi connectivity index (χ3n) is 7.37. The van der Waals surface area contributed by atoms with Gasteiger partial charge in [-0.3, -0.25) is 9.13 Å². The lowest BCUT2D eigenvalue weighted by Gasteiger charge is -2.09. The lowest BCUT2D eigenvalue weighted by molar-refractivity contribution is 0.795. The van der Waals surface area contributed by atoms with Crippen molar-refractivity contribution >= 4 is 11.0 Å². The number of benzene rings is 5. The number of rotatable bonds is 5. The third-order valence-corrected chi connectivity index (χ3v) is 7.37. The molecule has 2 heterocycles. The second-order valence-corrected chi connectivity index (χ2v) is 10.0. The van der Waals surface area contributed by atoms with Crippen molar-refractivity contribution < 1.29 is 4.11 Å². The molecule has 0 unspecified atom stereocenters. The Labute approximate surface area is 247 Å². The van der Waals surface area contributed by atoms with Crippen LogP contribution in [0.2, 0.25) is 0 Å².